The number of methoxy groups -OCH3 is 1. The molecule has 2 aromatic rings. The van der Waals surface area contributed by atoms with Gasteiger partial charge in [0.05, 0.1) is 20.1 Å². The summed E-state index contributed by atoms with van der Waals surface area (Å²) in [5.41, 5.74) is 0.797. The molecule has 5 heteroatoms. The van der Waals surface area contributed by atoms with Crippen molar-refractivity contribution >= 4 is 16.9 Å². The number of aliphatic carboxylic acids is 1. The Kier molecular flexibility index (Phi) is 3.84. The molecule has 0 saturated carbocycles. The third-order valence-electron chi connectivity index (χ3n) is 2.59. The van der Waals surface area contributed by atoms with E-state index < -0.39 is 5.97 Å². The number of hydrogen-bond donors (Lipinski definition) is 2. The van der Waals surface area contributed by atoms with E-state index in [2.05, 4.69) is 5.32 Å². The van der Waals surface area contributed by atoms with Crippen LogP contribution in [0.2, 0.25) is 0 Å². The van der Waals surface area contributed by atoms with Gasteiger partial charge in [-0.2, -0.15) is 0 Å². The van der Waals surface area contributed by atoms with Crippen LogP contribution >= 0.6 is 0 Å². The SMILES string of the molecule is COc1ccc2oc(CNCCC(=O)O)cc2c1. The second-order valence-corrected chi connectivity index (χ2v) is 3.94. The molecule has 0 spiro atoms. The fraction of sp³-hybridized carbons (Fsp3) is 0.308. The average Bonchev–Trinajstić information content (AvgIpc) is 2.75. The predicted octanol–water partition coefficient (Wildman–Crippen LogP) is 2.01. The van der Waals surface area contributed by atoms with E-state index in [1.165, 1.54) is 0 Å². The second-order valence-electron chi connectivity index (χ2n) is 3.94. The molecule has 0 saturated heterocycles. The molecule has 0 fully saturated rings. The normalized spacial score (nSPS) is 10.7. The number of rotatable bonds is 6. The van der Waals surface area contributed by atoms with E-state index in [-0.39, 0.29) is 6.42 Å². The molecule has 96 valence electrons. The van der Waals surface area contributed by atoms with Crippen LogP contribution in [-0.4, -0.2) is 24.7 Å². The molecule has 0 aliphatic carbocycles. The highest BCUT2D eigenvalue weighted by Gasteiger charge is 2.05. The highest BCUT2D eigenvalue weighted by atomic mass is 16.5. The van der Waals surface area contributed by atoms with Crippen LogP contribution in [0.15, 0.2) is 28.7 Å². The Morgan fingerprint density at radius 2 is 2.28 bits per heavy atom. The van der Waals surface area contributed by atoms with E-state index >= 15 is 0 Å². The minimum Gasteiger partial charge on any atom is -0.497 e. The number of furan rings is 1. The first-order valence-electron chi connectivity index (χ1n) is 5.68. The van der Waals surface area contributed by atoms with Crippen molar-refractivity contribution in [3.8, 4) is 5.75 Å². The number of hydrogen-bond acceptors (Lipinski definition) is 4. The van der Waals surface area contributed by atoms with Crippen molar-refractivity contribution in [2.75, 3.05) is 13.7 Å². The molecule has 2 N–H and O–H groups in total. The molecule has 0 amide bonds. The lowest BCUT2D eigenvalue weighted by Gasteiger charge is -1.98. The number of benzene rings is 1. The number of fused-ring (bicyclic) bond motifs is 1. The van der Waals surface area contributed by atoms with Crippen molar-refractivity contribution in [3.63, 3.8) is 0 Å². The average molecular weight is 249 g/mol. The monoisotopic (exact) mass is 249 g/mol. The van der Waals surface area contributed by atoms with Crippen LogP contribution in [0.1, 0.15) is 12.2 Å². The Balaban J connectivity index is 1.99. The minimum atomic E-state index is -0.808. The summed E-state index contributed by atoms with van der Waals surface area (Å²) in [5, 5.41) is 12.5. The molecule has 5 nitrogen and oxygen atoms in total. The largest absolute Gasteiger partial charge is 0.497 e. The number of carboxylic acid groups (broad SMARTS) is 1. The fourth-order valence-corrected chi connectivity index (χ4v) is 1.70. The number of carboxylic acids is 1. The first-order chi connectivity index (χ1) is 8.69. The molecular weight excluding hydrogens is 234 g/mol. The summed E-state index contributed by atoms with van der Waals surface area (Å²) in [5.74, 6) is 0.758. The van der Waals surface area contributed by atoms with Crippen molar-refractivity contribution in [2.45, 2.75) is 13.0 Å². The molecule has 0 aliphatic heterocycles. The molecule has 1 aromatic carbocycles. The van der Waals surface area contributed by atoms with Gasteiger partial charge in [0.25, 0.3) is 0 Å². The Labute approximate surface area is 104 Å². The Bertz CT molecular complexity index is 547. The first kappa shape index (κ1) is 12.4. The molecule has 0 unspecified atom stereocenters. The topological polar surface area (TPSA) is 71.7 Å². The zero-order chi connectivity index (χ0) is 13.0. The van der Waals surface area contributed by atoms with Crippen LogP contribution in [0.5, 0.6) is 5.75 Å². The maximum absolute atomic E-state index is 10.3. The van der Waals surface area contributed by atoms with Gasteiger partial charge in [0.2, 0.25) is 0 Å². The summed E-state index contributed by atoms with van der Waals surface area (Å²) < 4.78 is 10.7. The van der Waals surface area contributed by atoms with Gasteiger partial charge in [-0.25, -0.2) is 0 Å². The van der Waals surface area contributed by atoms with Gasteiger partial charge in [-0.1, -0.05) is 0 Å². The molecule has 2 rings (SSSR count). The summed E-state index contributed by atoms with van der Waals surface area (Å²) in [6, 6.07) is 7.52. The second kappa shape index (κ2) is 5.55. The minimum absolute atomic E-state index is 0.105. The van der Waals surface area contributed by atoms with Gasteiger partial charge in [-0.3, -0.25) is 4.79 Å². The van der Waals surface area contributed by atoms with E-state index in [1.54, 1.807) is 7.11 Å². The number of carbonyl (C=O) groups is 1. The van der Waals surface area contributed by atoms with Crippen molar-refractivity contribution in [2.24, 2.45) is 0 Å². The number of ether oxygens (including phenoxy) is 1. The van der Waals surface area contributed by atoms with Crippen molar-refractivity contribution in [3.05, 3.63) is 30.0 Å². The zero-order valence-electron chi connectivity index (χ0n) is 10.1. The maximum atomic E-state index is 10.3. The molecule has 1 aromatic heterocycles. The van der Waals surface area contributed by atoms with Gasteiger partial charge in [-0.05, 0) is 24.3 Å². The van der Waals surface area contributed by atoms with E-state index in [1.807, 2.05) is 24.3 Å². The van der Waals surface area contributed by atoms with E-state index in [0.717, 1.165) is 22.5 Å². The Morgan fingerprint density at radius 3 is 3.00 bits per heavy atom. The smallest absolute Gasteiger partial charge is 0.304 e. The molecule has 0 atom stereocenters. The highest BCUT2D eigenvalue weighted by molar-refractivity contribution is 5.79. The predicted molar refractivity (Wildman–Crippen MR) is 66.7 cm³/mol. The third-order valence-corrected chi connectivity index (χ3v) is 2.59. The molecule has 0 radical (unpaired) electrons. The molecular formula is C13H15NO4. The van der Waals surface area contributed by atoms with Gasteiger partial charge >= 0.3 is 5.97 Å². The van der Waals surface area contributed by atoms with Gasteiger partial charge in [0.15, 0.2) is 0 Å². The van der Waals surface area contributed by atoms with Gasteiger partial charge < -0.3 is 19.6 Å². The van der Waals surface area contributed by atoms with Crippen molar-refractivity contribution in [1.82, 2.24) is 5.32 Å². The van der Waals surface area contributed by atoms with Gasteiger partial charge in [-0.15, -0.1) is 0 Å². The van der Waals surface area contributed by atoms with E-state index in [4.69, 9.17) is 14.3 Å². The van der Waals surface area contributed by atoms with Crippen LogP contribution in [0.3, 0.4) is 0 Å². The van der Waals surface area contributed by atoms with E-state index in [9.17, 15) is 4.79 Å². The third kappa shape index (κ3) is 3.01. The van der Waals surface area contributed by atoms with Crippen LogP contribution in [0, 0.1) is 0 Å². The first-order valence-corrected chi connectivity index (χ1v) is 5.68. The quantitative estimate of drug-likeness (QED) is 0.766. The van der Waals surface area contributed by atoms with Crippen LogP contribution in [-0.2, 0) is 11.3 Å². The Hall–Kier alpha value is -2.01. The van der Waals surface area contributed by atoms with Gasteiger partial charge in [0, 0.05) is 11.9 Å². The van der Waals surface area contributed by atoms with Crippen LogP contribution < -0.4 is 10.1 Å². The summed E-state index contributed by atoms with van der Waals surface area (Å²) in [7, 11) is 1.62. The summed E-state index contributed by atoms with van der Waals surface area (Å²) >= 11 is 0. The highest BCUT2D eigenvalue weighted by Crippen LogP contribution is 2.23. The van der Waals surface area contributed by atoms with E-state index in [0.29, 0.717) is 13.1 Å². The lowest BCUT2D eigenvalue weighted by atomic mass is 10.2. The maximum Gasteiger partial charge on any atom is 0.304 e. The van der Waals surface area contributed by atoms with Crippen LogP contribution in [0.25, 0.3) is 11.0 Å². The van der Waals surface area contributed by atoms with Gasteiger partial charge in [0.1, 0.15) is 17.1 Å². The van der Waals surface area contributed by atoms with Crippen molar-refractivity contribution < 1.29 is 19.1 Å². The summed E-state index contributed by atoms with van der Waals surface area (Å²) in [6.07, 6.45) is 0.105. The molecule has 1 heterocycles. The zero-order valence-corrected chi connectivity index (χ0v) is 10.1. The Morgan fingerprint density at radius 1 is 1.44 bits per heavy atom. The molecule has 0 bridgehead atoms. The number of nitrogens with one attached hydrogen (secondary N) is 1. The fourth-order valence-electron chi connectivity index (χ4n) is 1.70. The van der Waals surface area contributed by atoms with Crippen LogP contribution in [0.4, 0.5) is 0 Å². The molecule has 18 heavy (non-hydrogen) atoms. The lowest BCUT2D eigenvalue weighted by Crippen LogP contribution is -2.17. The van der Waals surface area contributed by atoms with Crippen molar-refractivity contribution in [1.29, 1.82) is 0 Å². The standard InChI is InChI=1S/C13H15NO4/c1-17-10-2-3-12-9(6-10)7-11(18-12)8-14-5-4-13(15)16/h2-3,6-7,14H,4-5,8H2,1H3,(H,15,16). The summed E-state index contributed by atoms with van der Waals surface area (Å²) in [6.45, 7) is 0.944. The molecule has 0 aliphatic rings. The lowest BCUT2D eigenvalue weighted by molar-refractivity contribution is -0.136. The summed E-state index contributed by atoms with van der Waals surface area (Å²) in [4.78, 5) is 10.3.